The monoisotopic (exact) mass is 309 g/mol. The lowest BCUT2D eigenvalue weighted by atomic mass is 10.3. The molecule has 0 atom stereocenters. The molecule has 2 rings (SSSR count). The van der Waals surface area contributed by atoms with Crippen LogP contribution in [0.4, 0.5) is 5.95 Å². The van der Waals surface area contributed by atoms with Gasteiger partial charge in [-0.25, -0.2) is 9.97 Å². The van der Waals surface area contributed by atoms with Crippen LogP contribution < -0.4 is 10.6 Å². The van der Waals surface area contributed by atoms with Gasteiger partial charge in [-0.05, 0) is 6.07 Å². The predicted molar refractivity (Wildman–Crippen MR) is 83.2 cm³/mol. The maximum absolute atomic E-state index is 11.1. The summed E-state index contributed by atoms with van der Waals surface area (Å²) >= 11 is 4.93. The number of rotatable bonds is 5. The van der Waals surface area contributed by atoms with Crippen LogP contribution in [-0.2, 0) is 9.53 Å². The fourth-order valence-corrected chi connectivity index (χ4v) is 2.27. The average Bonchev–Trinajstić information content (AvgIpc) is 2.53. The van der Waals surface area contributed by atoms with Crippen molar-refractivity contribution in [3.05, 3.63) is 18.0 Å². The molecule has 0 aromatic carbocycles. The molecule has 2 N–H and O–H groups in total. The Kier molecular flexibility index (Phi) is 5.40. The van der Waals surface area contributed by atoms with Crippen molar-refractivity contribution >= 4 is 29.1 Å². The Morgan fingerprint density at radius 2 is 2.14 bits per heavy atom. The van der Waals surface area contributed by atoms with Crippen molar-refractivity contribution in [3.8, 4) is 0 Å². The van der Waals surface area contributed by atoms with E-state index in [4.69, 9.17) is 18.0 Å². The highest BCUT2D eigenvalue weighted by atomic mass is 32.1. The van der Waals surface area contributed by atoms with Crippen molar-refractivity contribution in [1.82, 2.24) is 14.9 Å². The van der Waals surface area contributed by atoms with Crippen molar-refractivity contribution in [1.29, 1.82) is 0 Å². The molecule has 7 nitrogen and oxygen atoms in total. The van der Waals surface area contributed by atoms with Crippen LogP contribution >= 0.6 is 12.2 Å². The second kappa shape index (κ2) is 7.28. The van der Waals surface area contributed by atoms with Crippen LogP contribution in [0, 0.1) is 0 Å². The van der Waals surface area contributed by atoms with E-state index in [0.717, 1.165) is 26.2 Å². The van der Waals surface area contributed by atoms with Gasteiger partial charge in [-0.15, -0.1) is 0 Å². The van der Waals surface area contributed by atoms with E-state index in [1.165, 1.54) is 7.11 Å². The summed E-state index contributed by atoms with van der Waals surface area (Å²) in [5.41, 5.74) is 6.17. The topological polar surface area (TPSA) is 84.6 Å². The number of thiocarbonyl (C=S) groups is 1. The summed E-state index contributed by atoms with van der Waals surface area (Å²) in [6, 6.07) is 1.71. The lowest BCUT2D eigenvalue weighted by Gasteiger charge is -2.34. The second-order valence-electron chi connectivity index (χ2n) is 4.76. The summed E-state index contributed by atoms with van der Waals surface area (Å²) in [6.07, 6.45) is 2.09. The maximum atomic E-state index is 11.1. The summed E-state index contributed by atoms with van der Waals surface area (Å²) in [4.78, 5) is 24.4. The van der Waals surface area contributed by atoms with E-state index in [9.17, 15) is 4.79 Å². The van der Waals surface area contributed by atoms with Gasteiger partial charge in [0.25, 0.3) is 0 Å². The van der Waals surface area contributed by atoms with Gasteiger partial charge < -0.3 is 15.4 Å². The third-order valence-electron chi connectivity index (χ3n) is 3.41. The standard InChI is InChI=1S/C13H19N5O2S/c1-20-11(19)3-5-17-6-8-18(9-7-17)13-15-4-2-10(16-13)12(14)21/h2,4H,3,5-9H2,1H3,(H2,14,21). The molecule has 0 radical (unpaired) electrons. The molecule has 0 saturated carbocycles. The second-order valence-corrected chi connectivity index (χ2v) is 5.20. The third kappa shape index (κ3) is 4.33. The molecule has 1 aliphatic rings. The molecule has 8 heteroatoms. The molecule has 1 fully saturated rings. The summed E-state index contributed by atoms with van der Waals surface area (Å²) in [6.45, 7) is 4.05. The first-order valence-electron chi connectivity index (χ1n) is 6.77. The number of anilines is 1. The minimum absolute atomic E-state index is 0.176. The fraction of sp³-hybridized carbons (Fsp3) is 0.538. The van der Waals surface area contributed by atoms with E-state index in [1.807, 2.05) is 0 Å². The van der Waals surface area contributed by atoms with E-state index in [0.29, 0.717) is 24.6 Å². The molecule has 1 saturated heterocycles. The highest BCUT2D eigenvalue weighted by molar-refractivity contribution is 7.80. The highest BCUT2D eigenvalue weighted by Gasteiger charge is 2.19. The molecule has 0 amide bonds. The average molecular weight is 309 g/mol. The molecule has 0 aliphatic carbocycles. The van der Waals surface area contributed by atoms with Gasteiger partial charge >= 0.3 is 5.97 Å². The van der Waals surface area contributed by atoms with Crippen LogP contribution in [0.2, 0.25) is 0 Å². The number of nitrogens with zero attached hydrogens (tertiary/aromatic N) is 4. The van der Waals surface area contributed by atoms with E-state index in [-0.39, 0.29) is 11.0 Å². The molecule has 114 valence electrons. The molecular weight excluding hydrogens is 290 g/mol. The van der Waals surface area contributed by atoms with Crippen LogP contribution in [0.15, 0.2) is 12.3 Å². The van der Waals surface area contributed by atoms with Gasteiger partial charge in [0.05, 0.1) is 13.5 Å². The van der Waals surface area contributed by atoms with Crippen molar-refractivity contribution in [2.75, 3.05) is 44.7 Å². The first kappa shape index (κ1) is 15.6. The number of ether oxygens (including phenoxy) is 1. The van der Waals surface area contributed by atoms with Gasteiger partial charge in [0.15, 0.2) is 0 Å². The lowest BCUT2D eigenvalue weighted by molar-refractivity contribution is -0.141. The van der Waals surface area contributed by atoms with Crippen LogP contribution in [0.5, 0.6) is 0 Å². The minimum atomic E-state index is -0.176. The molecule has 21 heavy (non-hydrogen) atoms. The molecule has 1 aromatic rings. The Bertz CT molecular complexity index is 517. The molecule has 0 bridgehead atoms. The van der Waals surface area contributed by atoms with E-state index in [2.05, 4.69) is 24.5 Å². The number of carbonyl (C=O) groups excluding carboxylic acids is 1. The smallest absolute Gasteiger partial charge is 0.306 e. The van der Waals surface area contributed by atoms with Crippen molar-refractivity contribution in [2.24, 2.45) is 5.73 Å². The molecular formula is C13H19N5O2S. The normalized spacial score (nSPS) is 15.8. The largest absolute Gasteiger partial charge is 0.469 e. The summed E-state index contributed by atoms with van der Waals surface area (Å²) in [5, 5.41) is 0. The molecule has 1 aromatic heterocycles. The minimum Gasteiger partial charge on any atom is -0.469 e. The summed E-state index contributed by atoms with van der Waals surface area (Å²) in [5.74, 6) is 0.470. The van der Waals surface area contributed by atoms with Gasteiger partial charge in [-0.3, -0.25) is 9.69 Å². The Balaban J connectivity index is 1.87. The zero-order valence-corrected chi connectivity index (χ0v) is 12.8. The van der Waals surface area contributed by atoms with Crippen molar-refractivity contribution in [3.63, 3.8) is 0 Å². The molecule has 2 heterocycles. The van der Waals surface area contributed by atoms with Crippen LogP contribution in [0.25, 0.3) is 0 Å². The fourth-order valence-electron chi connectivity index (χ4n) is 2.16. The predicted octanol–water partition coefficient (Wildman–Crippen LogP) is -0.204. The lowest BCUT2D eigenvalue weighted by Crippen LogP contribution is -2.47. The zero-order valence-electron chi connectivity index (χ0n) is 12.0. The molecule has 0 unspecified atom stereocenters. The Hall–Kier alpha value is -1.80. The van der Waals surface area contributed by atoms with Crippen LogP contribution in [0.1, 0.15) is 12.1 Å². The number of nitrogens with two attached hydrogens (primary N) is 1. The number of hydrogen-bond donors (Lipinski definition) is 1. The van der Waals surface area contributed by atoms with Crippen molar-refractivity contribution < 1.29 is 9.53 Å². The van der Waals surface area contributed by atoms with Gasteiger partial charge in [0.1, 0.15) is 10.7 Å². The molecule has 0 spiro atoms. The van der Waals surface area contributed by atoms with E-state index < -0.39 is 0 Å². The summed E-state index contributed by atoms with van der Waals surface area (Å²) < 4.78 is 4.65. The number of methoxy groups -OCH3 is 1. The van der Waals surface area contributed by atoms with E-state index in [1.54, 1.807) is 12.3 Å². The third-order valence-corrected chi connectivity index (χ3v) is 3.62. The number of piperazine rings is 1. The van der Waals surface area contributed by atoms with Gasteiger partial charge in [-0.2, -0.15) is 0 Å². The van der Waals surface area contributed by atoms with Gasteiger partial charge in [0, 0.05) is 38.9 Å². The molecule has 1 aliphatic heterocycles. The number of esters is 1. The Labute approximate surface area is 129 Å². The van der Waals surface area contributed by atoms with Gasteiger partial charge in [0.2, 0.25) is 5.95 Å². The van der Waals surface area contributed by atoms with Gasteiger partial charge in [-0.1, -0.05) is 12.2 Å². The Morgan fingerprint density at radius 3 is 2.76 bits per heavy atom. The zero-order chi connectivity index (χ0) is 15.2. The maximum Gasteiger partial charge on any atom is 0.306 e. The van der Waals surface area contributed by atoms with E-state index >= 15 is 0 Å². The first-order chi connectivity index (χ1) is 10.1. The number of hydrogen-bond acceptors (Lipinski definition) is 7. The Morgan fingerprint density at radius 1 is 1.43 bits per heavy atom. The first-order valence-corrected chi connectivity index (χ1v) is 7.18. The summed E-state index contributed by atoms with van der Waals surface area (Å²) in [7, 11) is 1.41. The number of aromatic nitrogens is 2. The van der Waals surface area contributed by atoms with Crippen LogP contribution in [-0.4, -0.2) is 65.7 Å². The number of carbonyl (C=O) groups is 1. The van der Waals surface area contributed by atoms with Crippen molar-refractivity contribution in [2.45, 2.75) is 6.42 Å². The SMILES string of the molecule is COC(=O)CCN1CCN(c2nccc(C(N)=S)n2)CC1. The quantitative estimate of drug-likeness (QED) is 0.591. The highest BCUT2D eigenvalue weighted by Crippen LogP contribution is 2.11. The van der Waals surface area contributed by atoms with Crippen LogP contribution in [0.3, 0.4) is 0 Å².